The lowest BCUT2D eigenvalue weighted by Gasteiger charge is -2.37. The summed E-state index contributed by atoms with van der Waals surface area (Å²) in [5.74, 6) is 3.13. The van der Waals surface area contributed by atoms with E-state index in [0.717, 1.165) is 63.4 Å². The molecular formula is C21H35N7OS. The maximum Gasteiger partial charge on any atom is 0.191 e. The zero-order valence-electron chi connectivity index (χ0n) is 18.6. The van der Waals surface area contributed by atoms with Gasteiger partial charge in [0, 0.05) is 44.1 Å². The number of nitrogens with zero attached hydrogens (tertiary/aromatic N) is 5. The molecule has 1 unspecified atom stereocenters. The molecule has 1 fully saturated rings. The van der Waals surface area contributed by atoms with Gasteiger partial charge in [0.05, 0.1) is 13.2 Å². The number of morpholine rings is 1. The van der Waals surface area contributed by atoms with E-state index in [2.05, 4.69) is 57.1 Å². The number of hydrogen-bond donors (Lipinski definition) is 2. The van der Waals surface area contributed by atoms with Crippen LogP contribution in [0.1, 0.15) is 30.4 Å². The number of guanidine groups is 1. The Labute approximate surface area is 183 Å². The molecule has 3 heterocycles. The molecule has 9 heteroatoms. The van der Waals surface area contributed by atoms with Crippen LogP contribution in [0.4, 0.5) is 0 Å². The van der Waals surface area contributed by atoms with Gasteiger partial charge in [-0.25, -0.2) is 4.99 Å². The number of hydrogen-bond acceptors (Lipinski definition) is 6. The third-order valence-electron chi connectivity index (χ3n) is 5.57. The average molecular weight is 434 g/mol. The summed E-state index contributed by atoms with van der Waals surface area (Å²) in [4.78, 5) is 8.69. The fourth-order valence-electron chi connectivity index (χ4n) is 3.57. The number of aromatic nitrogens is 3. The summed E-state index contributed by atoms with van der Waals surface area (Å²) < 4.78 is 7.52. The van der Waals surface area contributed by atoms with Crippen molar-refractivity contribution in [1.82, 2.24) is 30.3 Å². The first-order valence-electron chi connectivity index (χ1n) is 10.8. The van der Waals surface area contributed by atoms with Crippen LogP contribution in [0.5, 0.6) is 0 Å². The smallest absolute Gasteiger partial charge is 0.191 e. The molecule has 0 aliphatic carbocycles. The van der Waals surface area contributed by atoms with E-state index in [1.54, 1.807) is 11.3 Å². The van der Waals surface area contributed by atoms with Gasteiger partial charge in [-0.05, 0) is 30.7 Å². The van der Waals surface area contributed by atoms with Crippen molar-refractivity contribution in [2.24, 2.45) is 18.0 Å². The molecule has 1 saturated heterocycles. The topological polar surface area (TPSA) is 79.6 Å². The molecule has 0 bridgehead atoms. The average Bonchev–Trinajstić information content (AvgIpc) is 3.37. The molecule has 2 aromatic rings. The van der Waals surface area contributed by atoms with E-state index in [1.807, 2.05) is 18.5 Å². The molecule has 1 aliphatic rings. The first kappa shape index (κ1) is 22.7. The van der Waals surface area contributed by atoms with E-state index in [1.165, 1.54) is 4.88 Å². The lowest BCUT2D eigenvalue weighted by molar-refractivity contribution is 0.00752. The molecular weight excluding hydrogens is 398 g/mol. The van der Waals surface area contributed by atoms with Crippen molar-refractivity contribution in [3.63, 3.8) is 0 Å². The van der Waals surface area contributed by atoms with Crippen LogP contribution in [0.25, 0.3) is 0 Å². The number of thiophene rings is 1. The minimum absolute atomic E-state index is 0.440. The van der Waals surface area contributed by atoms with Crippen LogP contribution >= 0.6 is 11.3 Å². The zero-order chi connectivity index (χ0) is 21.3. The Hall–Kier alpha value is -1.97. The summed E-state index contributed by atoms with van der Waals surface area (Å²) in [5, 5.41) is 17.6. The summed E-state index contributed by atoms with van der Waals surface area (Å²) in [7, 11) is 1.98. The van der Waals surface area contributed by atoms with Gasteiger partial charge in [-0.15, -0.1) is 21.5 Å². The van der Waals surface area contributed by atoms with Gasteiger partial charge < -0.3 is 19.9 Å². The Morgan fingerprint density at radius 1 is 1.27 bits per heavy atom. The minimum Gasteiger partial charge on any atom is -0.379 e. The zero-order valence-corrected chi connectivity index (χ0v) is 19.4. The van der Waals surface area contributed by atoms with Crippen LogP contribution in [0.3, 0.4) is 0 Å². The Morgan fingerprint density at radius 3 is 2.70 bits per heavy atom. The third kappa shape index (κ3) is 6.52. The fraction of sp³-hybridized carbons (Fsp3) is 0.667. The SMILES string of the molecule is Cc1nnc(CN=C(NCCc2cccs2)NCC(C(C)C)N2CCOCC2)n1C. The summed E-state index contributed by atoms with van der Waals surface area (Å²) in [6.45, 7) is 12.3. The number of nitrogens with one attached hydrogen (secondary N) is 2. The lowest BCUT2D eigenvalue weighted by atomic mass is 10.0. The van der Waals surface area contributed by atoms with Gasteiger partial charge >= 0.3 is 0 Å². The van der Waals surface area contributed by atoms with Crippen LogP contribution in [0.15, 0.2) is 22.5 Å². The molecule has 0 spiro atoms. The van der Waals surface area contributed by atoms with Gasteiger partial charge in [0.15, 0.2) is 11.8 Å². The summed E-state index contributed by atoms with van der Waals surface area (Å²) >= 11 is 1.79. The van der Waals surface area contributed by atoms with Crippen LogP contribution in [-0.4, -0.2) is 71.1 Å². The minimum atomic E-state index is 0.440. The van der Waals surface area contributed by atoms with Crippen molar-refractivity contribution in [3.8, 4) is 0 Å². The Bertz CT molecular complexity index is 781. The predicted molar refractivity (Wildman–Crippen MR) is 122 cm³/mol. The Morgan fingerprint density at radius 2 is 2.07 bits per heavy atom. The molecule has 2 N–H and O–H groups in total. The van der Waals surface area contributed by atoms with E-state index in [4.69, 9.17) is 9.73 Å². The second-order valence-electron chi connectivity index (χ2n) is 7.98. The number of aliphatic imine (C=N–C) groups is 1. The molecule has 3 rings (SSSR count). The van der Waals surface area contributed by atoms with E-state index in [-0.39, 0.29) is 0 Å². The fourth-order valence-corrected chi connectivity index (χ4v) is 4.28. The van der Waals surface area contributed by atoms with Gasteiger partial charge in [-0.3, -0.25) is 4.90 Å². The highest BCUT2D eigenvalue weighted by atomic mass is 32.1. The largest absolute Gasteiger partial charge is 0.379 e. The highest BCUT2D eigenvalue weighted by molar-refractivity contribution is 7.09. The van der Waals surface area contributed by atoms with Crippen molar-refractivity contribution < 1.29 is 4.74 Å². The first-order valence-corrected chi connectivity index (χ1v) is 11.6. The van der Waals surface area contributed by atoms with Gasteiger partial charge in [-0.2, -0.15) is 0 Å². The van der Waals surface area contributed by atoms with Gasteiger partial charge in [0.1, 0.15) is 12.4 Å². The monoisotopic (exact) mass is 433 g/mol. The van der Waals surface area contributed by atoms with E-state index >= 15 is 0 Å². The molecule has 0 aromatic carbocycles. The quantitative estimate of drug-likeness (QED) is 0.464. The summed E-state index contributed by atoms with van der Waals surface area (Å²) in [5.41, 5.74) is 0. The second-order valence-corrected chi connectivity index (χ2v) is 9.02. The van der Waals surface area contributed by atoms with Crippen LogP contribution in [0, 0.1) is 12.8 Å². The van der Waals surface area contributed by atoms with E-state index in [9.17, 15) is 0 Å². The van der Waals surface area contributed by atoms with Gasteiger partial charge in [-0.1, -0.05) is 19.9 Å². The highest BCUT2D eigenvalue weighted by Crippen LogP contribution is 2.12. The molecule has 166 valence electrons. The van der Waals surface area contributed by atoms with Crippen molar-refractivity contribution in [3.05, 3.63) is 34.0 Å². The van der Waals surface area contributed by atoms with Crippen molar-refractivity contribution in [2.45, 2.75) is 39.8 Å². The molecule has 2 aromatic heterocycles. The molecule has 8 nitrogen and oxygen atoms in total. The normalized spacial score (nSPS) is 16.8. The number of aryl methyl sites for hydroxylation is 1. The second kappa shape index (κ2) is 11.4. The van der Waals surface area contributed by atoms with Crippen molar-refractivity contribution in [2.75, 3.05) is 39.4 Å². The molecule has 0 amide bonds. The Kier molecular flexibility index (Phi) is 8.65. The van der Waals surface area contributed by atoms with E-state index < -0.39 is 0 Å². The molecule has 30 heavy (non-hydrogen) atoms. The van der Waals surface area contributed by atoms with Crippen LogP contribution in [-0.2, 0) is 24.8 Å². The molecule has 1 atom stereocenters. The van der Waals surface area contributed by atoms with Crippen LogP contribution in [0.2, 0.25) is 0 Å². The van der Waals surface area contributed by atoms with Crippen molar-refractivity contribution >= 4 is 17.3 Å². The van der Waals surface area contributed by atoms with Crippen molar-refractivity contribution in [1.29, 1.82) is 0 Å². The Balaban J connectivity index is 1.62. The third-order valence-corrected chi connectivity index (χ3v) is 6.50. The molecule has 1 aliphatic heterocycles. The van der Waals surface area contributed by atoms with Crippen LogP contribution < -0.4 is 10.6 Å². The lowest BCUT2D eigenvalue weighted by Crippen LogP contribution is -2.52. The van der Waals surface area contributed by atoms with Gasteiger partial charge in [0.2, 0.25) is 0 Å². The first-order chi connectivity index (χ1) is 14.5. The summed E-state index contributed by atoms with van der Waals surface area (Å²) in [6.07, 6.45) is 0.985. The maximum absolute atomic E-state index is 5.53. The number of rotatable bonds is 9. The summed E-state index contributed by atoms with van der Waals surface area (Å²) in [6, 6.07) is 4.71. The molecule has 0 radical (unpaired) electrons. The van der Waals surface area contributed by atoms with Gasteiger partial charge in [0.25, 0.3) is 0 Å². The number of ether oxygens (including phenoxy) is 1. The van der Waals surface area contributed by atoms with E-state index in [0.29, 0.717) is 18.5 Å². The predicted octanol–water partition coefficient (Wildman–Crippen LogP) is 1.82. The molecule has 0 saturated carbocycles. The highest BCUT2D eigenvalue weighted by Gasteiger charge is 2.24. The maximum atomic E-state index is 5.53. The standard InChI is InChI=1S/C21H35N7OS/c1-16(2)19(28-9-11-29-12-10-28)14-23-21(22-8-7-18-6-5-13-30-18)24-15-20-26-25-17(3)27(20)4/h5-6,13,16,19H,7-12,14-15H2,1-4H3,(H2,22,23,24).